The van der Waals surface area contributed by atoms with Crippen molar-refractivity contribution in [2.75, 3.05) is 19.6 Å². The molecule has 0 atom stereocenters. The molecule has 4 nitrogen and oxygen atoms in total. The molecule has 0 bridgehead atoms. The van der Waals surface area contributed by atoms with Crippen LogP contribution in [0.15, 0.2) is 11.9 Å². The number of amides is 1. The number of ether oxygens (including phenoxy) is 1. The number of fused-ring (bicyclic) bond motifs is 1. The van der Waals surface area contributed by atoms with Crippen molar-refractivity contribution >= 4 is 6.09 Å². The van der Waals surface area contributed by atoms with Crippen LogP contribution in [0.4, 0.5) is 4.79 Å². The molecule has 0 aromatic heterocycles. The van der Waals surface area contributed by atoms with E-state index in [9.17, 15) is 4.79 Å². The first-order valence-corrected chi connectivity index (χ1v) is 6.93. The lowest BCUT2D eigenvalue weighted by molar-refractivity contribution is 0.0196. The van der Waals surface area contributed by atoms with Crippen molar-refractivity contribution in [1.29, 1.82) is 0 Å². The summed E-state index contributed by atoms with van der Waals surface area (Å²) in [6.07, 6.45) is 6.49. The highest BCUT2D eigenvalue weighted by molar-refractivity contribution is 5.70. The lowest BCUT2D eigenvalue weighted by Gasteiger charge is -2.39. The molecule has 2 aliphatic rings. The molecule has 18 heavy (non-hydrogen) atoms. The fraction of sp³-hybridized carbons (Fsp3) is 0.786. The molecular formula is C14H24N2O2. The second-order valence-electron chi connectivity index (χ2n) is 6.03. The van der Waals surface area contributed by atoms with Gasteiger partial charge in [-0.25, -0.2) is 4.79 Å². The van der Waals surface area contributed by atoms with E-state index in [4.69, 9.17) is 4.74 Å². The quantitative estimate of drug-likeness (QED) is 0.664. The molecule has 0 aliphatic carbocycles. The second-order valence-corrected chi connectivity index (χ2v) is 6.03. The van der Waals surface area contributed by atoms with Crippen molar-refractivity contribution in [3.63, 3.8) is 0 Å². The van der Waals surface area contributed by atoms with Gasteiger partial charge >= 0.3 is 6.09 Å². The standard InChI is InChI=1S/C14H24N2O2/c1-14(2,3)18-13(17)16-11-7-10-15-9-6-4-5-8-12(15)16/h8H,4-7,9-11H2,1-3H3. The Hall–Kier alpha value is -1.19. The summed E-state index contributed by atoms with van der Waals surface area (Å²) in [5.74, 6) is 1.06. The molecule has 4 heteroatoms. The molecule has 2 rings (SSSR count). The number of rotatable bonds is 0. The Morgan fingerprint density at radius 2 is 1.89 bits per heavy atom. The molecular weight excluding hydrogens is 228 g/mol. The molecule has 1 fully saturated rings. The molecule has 0 aromatic rings. The Bertz CT molecular complexity index is 344. The zero-order valence-corrected chi connectivity index (χ0v) is 11.7. The first kappa shape index (κ1) is 13.2. The van der Waals surface area contributed by atoms with E-state index in [1.807, 2.05) is 20.8 Å². The number of hydrogen-bond acceptors (Lipinski definition) is 3. The lowest BCUT2D eigenvalue weighted by atomic mass is 10.2. The van der Waals surface area contributed by atoms with E-state index in [0.717, 1.165) is 38.3 Å². The van der Waals surface area contributed by atoms with E-state index in [-0.39, 0.29) is 6.09 Å². The van der Waals surface area contributed by atoms with Gasteiger partial charge in [0.1, 0.15) is 11.4 Å². The second kappa shape index (κ2) is 5.21. The average Bonchev–Trinajstić information content (AvgIpc) is 2.50. The monoisotopic (exact) mass is 252 g/mol. The lowest BCUT2D eigenvalue weighted by Crippen LogP contribution is -2.47. The third-order valence-electron chi connectivity index (χ3n) is 3.23. The van der Waals surface area contributed by atoms with Gasteiger partial charge in [0.05, 0.1) is 0 Å². The van der Waals surface area contributed by atoms with Crippen LogP contribution in [0.2, 0.25) is 0 Å². The van der Waals surface area contributed by atoms with Crippen LogP contribution in [-0.2, 0) is 4.74 Å². The van der Waals surface area contributed by atoms with Crippen LogP contribution in [0.3, 0.4) is 0 Å². The molecule has 102 valence electrons. The van der Waals surface area contributed by atoms with Crippen molar-refractivity contribution in [2.24, 2.45) is 0 Å². The van der Waals surface area contributed by atoms with Crippen LogP contribution in [0.1, 0.15) is 46.5 Å². The molecule has 2 heterocycles. The van der Waals surface area contributed by atoms with E-state index in [1.165, 1.54) is 12.8 Å². The average molecular weight is 252 g/mol. The Morgan fingerprint density at radius 1 is 1.17 bits per heavy atom. The third-order valence-corrected chi connectivity index (χ3v) is 3.23. The first-order valence-electron chi connectivity index (χ1n) is 6.93. The molecule has 1 saturated heterocycles. The van der Waals surface area contributed by atoms with Crippen LogP contribution in [0.5, 0.6) is 0 Å². The van der Waals surface area contributed by atoms with Crippen LogP contribution in [-0.4, -0.2) is 41.1 Å². The molecule has 0 radical (unpaired) electrons. The number of carbonyl (C=O) groups is 1. The first-order chi connectivity index (χ1) is 8.47. The maximum absolute atomic E-state index is 12.2. The van der Waals surface area contributed by atoms with Gasteiger partial charge < -0.3 is 9.64 Å². The third kappa shape index (κ3) is 3.18. The molecule has 0 unspecified atom stereocenters. The predicted octanol–water partition coefficient (Wildman–Crippen LogP) is 2.95. The van der Waals surface area contributed by atoms with Gasteiger partial charge in [0.2, 0.25) is 0 Å². The van der Waals surface area contributed by atoms with Gasteiger partial charge in [-0.1, -0.05) is 0 Å². The largest absolute Gasteiger partial charge is 0.443 e. The molecule has 0 aromatic carbocycles. The van der Waals surface area contributed by atoms with E-state index in [1.54, 1.807) is 4.90 Å². The number of allylic oxidation sites excluding steroid dienone is 1. The van der Waals surface area contributed by atoms with E-state index in [2.05, 4.69) is 11.0 Å². The molecule has 0 N–H and O–H groups in total. The van der Waals surface area contributed by atoms with Crippen molar-refractivity contribution in [1.82, 2.24) is 9.80 Å². The van der Waals surface area contributed by atoms with E-state index in [0.29, 0.717) is 0 Å². The van der Waals surface area contributed by atoms with Crippen molar-refractivity contribution < 1.29 is 9.53 Å². The summed E-state index contributed by atoms with van der Waals surface area (Å²) in [6.45, 7) is 8.63. The van der Waals surface area contributed by atoms with Gasteiger partial charge in [-0.05, 0) is 52.5 Å². The Balaban J connectivity index is 2.11. The van der Waals surface area contributed by atoms with Gasteiger partial charge in [0.15, 0.2) is 0 Å². The van der Waals surface area contributed by atoms with Crippen molar-refractivity contribution in [2.45, 2.75) is 52.1 Å². The summed E-state index contributed by atoms with van der Waals surface area (Å²) >= 11 is 0. The highest BCUT2D eigenvalue weighted by atomic mass is 16.6. The molecule has 2 aliphatic heterocycles. The number of nitrogens with zero attached hydrogens (tertiary/aromatic N) is 2. The predicted molar refractivity (Wildman–Crippen MR) is 71.1 cm³/mol. The Kier molecular flexibility index (Phi) is 3.83. The van der Waals surface area contributed by atoms with Crippen LogP contribution < -0.4 is 0 Å². The van der Waals surface area contributed by atoms with Gasteiger partial charge in [-0.3, -0.25) is 4.90 Å². The Morgan fingerprint density at radius 3 is 2.61 bits per heavy atom. The SMILES string of the molecule is CC(C)(C)OC(=O)N1CCCN2CCCCC=C21. The topological polar surface area (TPSA) is 32.8 Å². The van der Waals surface area contributed by atoms with Gasteiger partial charge in [0, 0.05) is 19.6 Å². The summed E-state index contributed by atoms with van der Waals surface area (Å²) in [6, 6.07) is 0. The highest BCUT2D eigenvalue weighted by Crippen LogP contribution is 2.24. The highest BCUT2D eigenvalue weighted by Gasteiger charge is 2.30. The molecule has 0 saturated carbocycles. The number of hydrogen-bond donors (Lipinski definition) is 0. The Labute approximate surface area is 110 Å². The van der Waals surface area contributed by atoms with Crippen LogP contribution >= 0.6 is 0 Å². The number of carbonyl (C=O) groups excluding carboxylic acids is 1. The van der Waals surface area contributed by atoms with E-state index < -0.39 is 5.60 Å². The van der Waals surface area contributed by atoms with Gasteiger partial charge in [0.25, 0.3) is 0 Å². The minimum absolute atomic E-state index is 0.208. The summed E-state index contributed by atoms with van der Waals surface area (Å²) < 4.78 is 5.49. The van der Waals surface area contributed by atoms with Crippen molar-refractivity contribution in [3.05, 3.63) is 11.9 Å². The zero-order valence-electron chi connectivity index (χ0n) is 11.7. The smallest absolute Gasteiger partial charge is 0.415 e. The van der Waals surface area contributed by atoms with Gasteiger partial charge in [-0.2, -0.15) is 0 Å². The fourth-order valence-electron chi connectivity index (χ4n) is 2.47. The fourth-order valence-corrected chi connectivity index (χ4v) is 2.47. The zero-order chi connectivity index (χ0) is 13.2. The van der Waals surface area contributed by atoms with Crippen molar-refractivity contribution in [3.8, 4) is 0 Å². The maximum atomic E-state index is 12.2. The molecule has 0 spiro atoms. The molecule has 1 amide bonds. The van der Waals surface area contributed by atoms with Crippen LogP contribution in [0, 0.1) is 0 Å². The summed E-state index contributed by atoms with van der Waals surface area (Å²) in [5, 5.41) is 0. The summed E-state index contributed by atoms with van der Waals surface area (Å²) in [5.41, 5.74) is -0.426. The summed E-state index contributed by atoms with van der Waals surface area (Å²) in [4.78, 5) is 16.3. The maximum Gasteiger partial charge on any atom is 0.415 e. The normalized spacial score (nSPS) is 20.9. The minimum atomic E-state index is -0.426. The van der Waals surface area contributed by atoms with E-state index >= 15 is 0 Å². The van der Waals surface area contributed by atoms with Crippen LogP contribution in [0.25, 0.3) is 0 Å². The van der Waals surface area contributed by atoms with Gasteiger partial charge in [-0.15, -0.1) is 0 Å². The summed E-state index contributed by atoms with van der Waals surface area (Å²) in [7, 11) is 0. The minimum Gasteiger partial charge on any atom is -0.443 e.